The van der Waals surface area contributed by atoms with Gasteiger partial charge in [-0.05, 0) is 23.8 Å². The molecule has 1 aromatic heterocycles. The number of benzene rings is 1. The van der Waals surface area contributed by atoms with E-state index >= 15 is 0 Å². The summed E-state index contributed by atoms with van der Waals surface area (Å²) in [6, 6.07) is 13.3. The Labute approximate surface area is 111 Å². The van der Waals surface area contributed by atoms with Crippen molar-refractivity contribution in [2.75, 3.05) is 7.11 Å². The van der Waals surface area contributed by atoms with Gasteiger partial charge < -0.3 is 9.47 Å². The minimum Gasteiger partial charge on any atom is -0.497 e. The minimum absolute atomic E-state index is 0.385. The van der Waals surface area contributed by atoms with Crippen LogP contribution in [0.15, 0.2) is 42.5 Å². The Morgan fingerprint density at radius 2 is 2.00 bits per heavy atom. The van der Waals surface area contributed by atoms with Gasteiger partial charge in [-0.3, -0.25) is 0 Å². The lowest BCUT2D eigenvalue weighted by Crippen LogP contribution is -1.98. The molecule has 1 aromatic carbocycles. The molecule has 18 heavy (non-hydrogen) atoms. The van der Waals surface area contributed by atoms with Crippen LogP contribution < -0.4 is 9.47 Å². The van der Waals surface area contributed by atoms with Crippen LogP contribution in [-0.2, 0) is 12.5 Å². The van der Waals surface area contributed by atoms with Gasteiger partial charge in [-0.2, -0.15) is 0 Å². The Morgan fingerprint density at radius 1 is 1.17 bits per heavy atom. The fraction of sp³-hybridized carbons (Fsp3) is 0.214. The number of aromatic nitrogens is 1. The van der Waals surface area contributed by atoms with Crippen molar-refractivity contribution in [3.63, 3.8) is 0 Å². The Kier molecular flexibility index (Phi) is 4.42. The van der Waals surface area contributed by atoms with Crippen molar-refractivity contribution in [2.45, 2.75) is 12.5 Å². The third-order valence-electron chi connectivity index (χ3n) is 2.44. The molecular formula is C14H14ClNO2. The van der Waals surface area contributed by atoms with Crippen molar-refractivity contribution in [1.29, 1.82) is 0 Å². The number of methoxy groups -OCH3 is 1. The summed E-state index contributed by atoms with van der Waals surface area (Å²) in [6.45, 7) is 0.454. The lowest BCUT2D eigenvalue weighted by Gasteiger charge is -2.07. The second-order valence-electron chi connectivity index (χ2n) is 3.74. The van der Waals surface area contributed by atoms with Gasteiger partial charge in [0.2, 0.25) is 5.88 Å². The molecular weight excluding hydrogens is 250 g/mol. The molecule has 2 rings (SSSR count). The fourth-order valence-electron chi connectivity index (χ4n) is 1.53. The molecule has 0 saturated carbocycles. The predicted octanol–water partition coefficient (Wildman–Crippen LogP) is 3.41. The smallest absolute Gasteiger partial charge is 0.213 e. The van der Waals surface area contributed by atoms with Crippen LogP contribution >= 0.6 is 11.6 Å². The summed E-state index contributed by atoms with van der Waals surface area (Å²) in [6.07, 6.45) is 0. The van der Waals surface area contributed by atoms with Gasteiger partial charge in [0.25, 0.3) is 0 Å². The summed E-state index contributed by atoms with van der Waals surface area (Å²) in [4.78, 5) is 4.26. The Bertz CT molecular complexity index is 469. The van der Waals surface area contributed by atoms with Gasteiger partial charge in [0.1, 0.15) is 12.4 Å². The molecule has 0 fully saturated rings. The van der Waals surface area contributed by atoms with Gasteiger partial charge in [0.15, 0.2) is 0 Å². The summed E-state index contributed by atoms with van der Waals surface area (Å²) in [5.41, 5.74) is 1.84. The number of rotatable bonds is 5. The SMILES string of the molecule is COc1cccc(COc2cccc(CCl)n2)c1. The molecule has 0 radical (unpaired) electrons. The van der Waals surface area contributed by atoms with Crippen LogP contribution in [-0.4, -0.2) is 12.1 Å². The van der Waals surface area contributed by atoms with Gasteiger partial charge in [-0.1, -0.05) is 18.2 Å². The zero-order chi connectivity index (χ0) is 12.8. The molecule has 1 heterocycles. The normalized spacial score (nSPS) is 10.1. The molecule has 0 unspecified atom stereocenters. The zero-order valence-electron chi connectivity index (χ0n) is 10.1. The van der Waals surface area contributed by atoms with Crippen LogP contribution in [0.2, 0.25) is 0 Å². The molecule has 4 heteroatoms. The number of pyridine rings is 1. The van der Waals surface area contributed by atoms with E-state index in [9.17, 15) is 0 Å². The first-order valence-corrected chi connectivity index (χ1v) is 6.13. The molecule has 0 aliphatic heterocycles. The highest BCUT2D eigenvalue weighted by atomic mass is 35.5. The summed E-state index contributed by atoms with van der Waals surface area (Å²) in [7, 11) is 1.64. The van der Waals surface area contributed by atoms with E-state index < -0.39 is 0 Å². The second kappa shape index (κ2) is 6.26. The molecule has 0 amide bonds. The number of nitrogens with zero attached hydrogens (tertiary/aromatic N) is 1. The molecule has 3 nitrogen and oxygen atoms in total. The van der Waals surface area contributed by atoms with Crippen LogP contribution in [0.25, 0.3) is 0 Å². The highest BCUT2D eigenvalue weighted by molar-refractivity contribution is 6.16. The number of hydrogen-bond acceptors (Lipinski definition) is 3. The number of hydrogen-bond donors (Lipinski definition) is 0. The van der Waals surface area contributed by atoms with Gasteiger partial charge in [0.05, 0.1) is 18.7 Å². The Hall–Kier alpha value is -1.74. The van der Waals surface area contributed by atoms with Gasteiger partial charge in [-0.15, -0.1) is 11.6 Å². The number of ether oxygens (including phenoxy) is 2. The Balaban J connectivity index is 2.01. The standard InChI is InChI=1S/C14H14ClNO2/c1-17-13-6-2-4-11(8-13)10-18-14-7-3-5-12(9-15)16-14/h2-8H,9-10H2,1H3. The highest BCUT2D eigenvalue weighted by Crippen LogP contribution is 2.15. The quantitative estimate of drug-likeness (QED) is 0.775. The minimum atomic E-state index is 0.385. The maximum absolute atomic E-state index is 5.72. The van der Waals surface area contributed by atoms with Crippen LogP contribution in [0.5, 0.6) is 11.6 Å². The number of alkyl halides is 1. The van der Waals surface area contributed by atoms with E-state index in [1.165, 1.54) is 0 Å². The molecule has 2 aromatic rings. The maximum atomic E-state index is 5.72. The third-order valence-corrected chi connectivity index (χ3v) is 2.71. The van der Waals surface area contributed by atoms with Crippen LogP contribution in [0.4, 0.5) is 0 Å². The molecule has 0 spiro atoms. The van der Waals surface area contributed by atoms with E-state index in [-0.39, 0.29) is 0 Å². The third kappa shape index (κ3) is 3.37. The van der Waals surface area contributed by atoms with Crippen molar-refractivity contribution in [2.24, 2.45) is 0 Å². The molecule has 0 N–H and O–H groups in total. The highest BCUT2D eigenvalue weighted by Gasteiger charge is 2.00. The topological polar surface area (TPSA) is 31.4 Å². The molecule has 0 aliphatic carbocycles. The van der Waals surface area contributed by atoms with Gasteiger partial charge in [0, 0.05) is 6.07 Å². The Morgan fingerprint density at radius 3 is 2.78 bits per heavy atom. The zero-order valence-corrected chi connectivity index (χ0v) is 10.9. The van der Waals surface area contributed by atoms with E-state index in [1.54, 1.807) is 7.11 Å². The van der Waals surface area contributed by atoms with E-state index in [1.807, 2.05) is 42.5 Å². The summed E-state index contributed by atoms with van der Waals surface area (Å²) >= 11 is 5.72. The number of halogens is 1. The molecule has 0 saturated heterocycles. The molecule has 0 atom stereocenters. The average Bonchev–Trinajstić information content (AvgIpc) is 2.45. The lowest BCUT2D eigenvalue weighted by atomic mass is 10.2. The van der Waals surface area contributed by atoms with Crippen LogP contribution in [0.3, 0.4) is 0 Å². The van der Waals surface area contributed by atoms with E-state index in [0.29, 0.717) is 18.4 Å². The summed E-state index contributed by atoms with van der Waals surface area (Å²) < 4.78 is 10.8. The van der Waals surface area contributed by atoms with E-state index in [2.05, 4.69) is 4.98 Å². The molecule has 0 bridgehead atoms. The molecule has 0 aliphatic rings. The van der Waals surface area contributed by atoms with Gasteiger partial charge in [-0.25, -0.2) is 4.98 Å². The largest absolute Gasteiger partial charge is 0.497 e. The fourth-order valence-corrected chi connectivity index (χ4v) is 1.68. The van der Waals surface area contributed by atoms with E-state index in [0.717, 1.165) is 17.0 Å². The van der Waals surface area contributed by atoms with Gasteiger partial charge >= 0.3 is 0 Å². The van der Waals surface area contributed by atoms with Crippen molar-refractivity contribution >= 4 is 11.6 Å². The van der Waals surface area contributed by atoms with Crippen LogP contribution in [0.1, 0.15) is 11.3 Å². The lowest BCUT2D eigenvalue weighted by molar-refractivity contribution is 0.292. The average molecular weight is 264 g/mol. The second-order valence-corrected chi connectivity index (χ2v) is 4.01. The first-order valence-electron chi connectivity index (χ1n) is 5.59. The first-order chi connectivity index (χ1) is 8.81. The monoisotopic (exact) mass is 263 g/mol. The van der Waals surface area contributed by atoms with Crippen molar-refractivity contribution < 1.29 is 9.47 Å². The van der Waals surface area contributed by atoms with E-state index in [4.69, 9.17) is 21.1 Å². The summed E-state index contributed by atoms with van der Waals surface area (Å²) in [5.74, 6) is 1.78. The summed E-state index contributed by atoms with van der Waals surface area (Å²) in [5, 5.41) is 0. The van der Waals surface area contributed by atoms with Crippen molar-refractivity contribution in [1.82, 2.24) is 4.98 Å². The predicted molar refractivity (Wildman–Crippen MR) is 71.1 cm³/mol. The molecule has 94 valence electrons. The van der Waals surface area contributed by atoms with Crippen molar-refractivity contribution in [3.05, 3.63) is 53.7 Å². The maximum Gasteiger partial charge on any atom is 0.213 e. The van der Waals surface area contributed by atoms with Crippen LogP contribution in [0, 0.1) is 0 Å². The van der Waals surface area contributed by atoms with Crippen molar-refractivity contribution in [3.8, 4) is 11.6 Å². The first kappa shape index (κ1) is 12.7.